The van der Waals surface area contributed by atoms with E-state index >= 15 is 0 Å². The number of anilines is 1. The molecule has 0 aliphatic carbocycles. The lowest BCUT2D eigenvalue weighted by Gasteiger charge is -2.24. The molecule has 1 atom stereocenters. The Labute approximate surface area is 127 Å². The number of aromatic nitrogens is 2. The SMILES string of the molecule is Cn1ccc(S(=O)(=O)N2c3ccccc3C[C@H]2CC(=O)O)n1. The summed E-state index contributed by atoms with van der Waals surface area (Å²) in [7, 11) is -2.26. The molecule has 1 aliphatic heterocycles. The standard InChI is InChI=1S/C14H15N3O4S/c1-16-7-6-13(15-16)22(20,21)17-11(9-14(18)19)8-10-4-2-3-5-12(10)17/h2-7,11H,8-9H2,1H3,(H,18,19)/t11-/m0/s1. The van der Waals surface area contributed by atoms with Gasteiger partial charge < -0.3 is 5.11 Å². The minimum absolute atomic E-state index is 0.0814. The van der Waals surface area contributed by atoms with Gasteiger partial charge in [-0.3, -0.25) is 13.8 Å². The summed E-state index contributed by atoms with van der Waals surface area (Å²) < 4.78 is 28.3. The van der Waals surface area contributed by atoms with Crippen molar-refractivity contribution < 1.29 is 18.3 Å². The maximum atomic E-state index is 12.9. The average molecular weight is 321 g/mol. The number of rotatable bonds is 4. The fourth-order valence-corrected chi connectivity index (χ4v) is 4.39. The molecular weight excluding hydrogens is 306 g/mol. The molecule has 0 spiro atoms. The second-order valence-corrected chi connectivity index (χ2v) is 6.97. The number of carboxylic acids is 1. The second kappa shape index (κ2) is 5.13. The highest BCUT2D eigenvalue weighted by Gasteiger charge is 2.40. The molecule has 0 radical (unpaired) electrons. The van der Waals surface area contributed by atoms with Crippen molar-refractivity contribution >= 4 is 21.7 Å². The molecule has 0 fully saturated rings. The van der Waals surface area contributed by atoms with Crippen LogP contribution in [0.15, 0.2) is 41.6 Å². The van der Waals surface area contributed by atoms with Crippen LogP contribution in [0.4, 0.5) is 5.69 Å². The molecule has 3 rings (SSSR count). The summed E-state index contributed by atoms with van der Waals surface area (Å²) in [6.45, 7) is 0. The lowest BCUT2D eigenvalue weighted by molar-refractivity contribution is -0.137. The molecule has 7 nitrogen and oxygen atoms in total. The molecule has 1 N–H and O–H groups in total. The van der Waals surface area contributed by atoms with Crippen LogP contribution in [0.2, 0.25) is 0 Å². The Morgan fingerprint density at radius 2 is 2.09 bits per heavy atom. The summed E-state index contributed by atoms with van der Waals surface area (Å²) in [4.78, 5) is 11.1. The smallest absolute Gasteiger partial charge is 0.305 e. The number of hydrogen-bond acceptors (Lipinski definition) is 4. The first-order chi connectivity index (χ1) is 10.4. The lowest BCUT2D eigenvalue weighted by Crippen LogP contribution is -2.39. The third kappa shape index (κ3) is 2.35. The van der Waals surface area contributed by atoms with Crippen LogP contribution in [-0.2, 0) is 28.3 Å². The first kappa shape index (κ1) is 14.6. The molecule has 2 aromatic rings. The van der Waals surface area contributed by atoms with E-state index in [0.717, 1.165) is 5.56 Å². The zero-order chi connectivity index (χ0) is 15.9. The van der Waals surface area contributed by atoms with E-state index in [4.69, 9.17) is 5.11 Å². The number of sulfonamides is 1. The van der Waals surface area contributed by atoms with E-state index in [2.05, 4.69) is 5.10 Å². The third-order valence-corrected chi connectivity index (χ3v) is 5.40. The van der Waals surface area contributed by atoms with Crippen molar-refractivity contribution in [3.8, 4) is 0 Å². The molecule has 22 heavy (non-hydrogen) atoms. The largest absolute Gasteiger partial charge is 0.481 e. The van der Waals surface area contributed by atoms with Crippen LogP contribution in [0.3, 0.4) is 0 Å². The van der Waals surface area contributed by atoms with Crippen LogP contribution in [0.1, 0.15) is 12.0 Å². The van der Waals surface area contributed by atoms with E-state index < -0.39 is 22.0 Å². The number of para-hydroxylation sites is 1. The number of aliphatic carboxylic acids is 1. The van der Waals surface area contributed by atoms with Gasteiger partial charge in [0.05, 0.1) is 18.2 Å². The van der Waals surface area contributed by atoms with Gasteiger partial charge in [0.1, 0.15) is 0 Å². The van der Waals surface area contributed by atoms with Crippen LogP contribution in [0.25, 0.3) is 0 Å². The van der Waals surface area contributed by atoms with Gasteiger partial charge in [0.25, 0.3) is 10.0 Å². The van der Waals surface area contributed by atoms with E-state index in [0.29, 0.717) is 12.1 Å². The van der Waals surface area contributed by atoms with Gasteiger partial charge in [0, 0.05) is 13.2 Å². The molecule has 0 bridgehead atoms. The first-order valence-corrected chi connectivity index (χ1v) is 8.17. The van der Waals surface area contributed by atoms with Crippen LogP contribution in [0, 0.1) is 0 Å². The number of fused-ring (bicyclic) bond motifs is 1. The van der Waals surface area contributed by atoms with E-state index in [1.54, 1.807) is 25.4 Å². The van der Waals surface area contributed by atoms with Crippen LogP contribution < -0.4 is 4.31 Å². The van der Waals surface area contributed by atoms with Gasteiger partial charge in [-0.25, -0.2) is 0 Å². The Balaban J connectivity index is 2.10. The predicted molar refractivity (Wildman–Crippen MR) is 79.1 cm³/mol. The van der Waals surface area contributed by atoms with Gasteiger partial charge >= 0.3 is 5.97 Å². The fraction of sp³-hybridized carbons (Fsp3) is 0.286. The minimum atomic E-state index is -3.89. The monoisotopic (exact) mass is 321 g/mol. The number of nitrogens with zero attached hydrogens (tertiary/aromatic N) is 3. The van der Waals surface area contributed by atoms with Gasteiger partial charge in [-0.05, 0) is 24.1 Å². The summed E-state index contributed by atoms with van der Waals surface area (Å²) in [5.74, 6) is -1.03. The molecule has 0 amide bonds. The van der Waals surface area contributed by atoms with Crippen LogP contribution >= 0.6 is 0 Å². The zero-order valence-corrected chi connectivity index (χ0v) is 12.7. The fourth-order valence-electron chi connectivity index (χ4n) is 2.75. The van der Waals surface area contributed by atoms with Crippen molar-refractivity contribution in [2.24, 2.45) is 7.05 Å². The molecule has 0 saturated carbocycles. The Morgan fingerprint density at radius 1 is 1.36 bits per heavy atom. The van der Waals surface area contributed by atoms with Crippen LogP contribution in [0.5, 0.6) is 0 Å². The van der Waals surface area contributed by atoms with Gasteiger partial charge in [0.15, 0.2) is 5.03 Å². The zero-order valence-electron chi connectivity index (χ0n) is 11.9. The molecule has 0 unspecified atom stereocenters. The molecule has 8 heteroatoms. The quantitative estimate of drug-likeness (QED) is 0.907. The normalized spacial score (nSPS) is 17.5. The molecular formula is C14H15N3O4S. The third-order valence-electron chi connectivity index (χ3n) is 3.64. The molecule has 1 aromatic carbocycles. The van der Waals surface area contributed by atoms with Crippen molar-refractivity contribution in [3.05, 3.63) is 42.1 Å². The Morgan fingerprint density at radius 3 is 2.73 bits per heavy atom. The summed E-state index contributed by atoms with van der Waals surface area (Å²) in [6.07, 6.45) is 1.68. The van der Waals surface area contributed by atoms with E-state index in [1.807, 2.05) is 12.1 Å². The van der Waals surface area contributed by atoms with E-state index in [1.165, 1.54) is 15.1 Å². The first-order valence-electron chi connectivity index (χ1n) is 6.73. The summed E-state index contributed by atoms with van der Waals surface area (Å²) in [6, 6.07) is 7.84. The summed E-state index contributed by atoms with van der Waals surface area (Å²) in [5, 5.41) is 12.9. The topological polar surface area (TPSA) is 92.5 Å². The van der Waals surface area contributed by atoms with Gasteiger partial charge in [-0.2, -0.15) is 13.5 Å². The number of benzene rings is 1. The summed E-state index contributed by atoms with van der Waals surface area (Å²) >= 11 is 0. The average Bonchev–Trinajstić information content (AvgIpc) is 3.01. The second-order valence-electron chi connectivity index (χ2n) is 5.21. The highest BCUT2D eigenvalue weighted by atomic mass is 32.2. The van der Waals surface area contributed by atoms with E-state index in [9.17, 15) is 13.2 Å². The van der Waals surface area contributed by atoms with Crippen molar-refractivity contribution in [1.29, 1.82) is 0 Å². The maximum absolute atomic E-state index is 12.9. The van der Waals surface area contributed by atoms with Crippen molar-refractivity contribution in [2.75, 3.05) is 4.31 Å². The predicted octanol–water partition coefficient (Wildman–Crippen LogP) is 1.01. The highest BCUT2D eigenvalue weighted by molar-refractivity contribution is 7.92. The molecule has 1 aromatic heterocycles. The van der Waals surface area contributed by atoms with Gasteiger partial charge in [-0.1, -0.05) is 18.2 Å². The lowest BCUT2D eigenvalue weighted by atomic mass is 10.1. The van der Waals surface area contributed by atoms with Crippen LogP contribution in [-0.4, -0.2) is 35.3 Å². The minimum Gasteiger partial charge on any atom is -0.481 e. The number of aryl methyl sites for hydroxylation is 1. The van der Waals surface area contributed by atoms with Crippen molar-refractivity contribution in [3.63, 3.8) is 0 Å². The maximum Gasteiger partial charge on any atom is 0.305 e. The highest BCUT2D eigenvalue weighted by Crippen LogP contribution is 2.37. The molecule has 0 saturated heterocycles. The van der Waals surface area contributed by atoms with E-state index in [-0.39, 0.29) is 11.4 Å². The van der Waals surface area contributed by atoms with Crippen molar-refractivity contribution in [2.45, 2.75) is 23.9 Å². The van der Waals surface area contributed by atoms with Gasteiger partial charge in [0.2, 0.25) is 0 Å². The molecule has 2 heterocycles. The Kier molecular flexibility index (Phi) is 3.40. The molecule has 116 valence electrons. The Hall–Kier alpha value is -2.35. The summed E-state index contributed by atoms with van der Waals surface area (Å²) in [5.41, 5.74) is 1.35. The number of hydrogen-bond donors (Lipinski definition) is 1. The molecule has 1 aliphatic rings. The van der Waals surface area contributed by atoms with Gasteiger partial charge in [-0.15, -0.1) is 0 Å². The Bertz CT molecular complexity index is 828. The van der Waals surface area contributed by atoms with Crippen molar-refractivity contribution in [1.82, 2.24) is 9.78 Å². The number of carboxylic acid groups (broad SMARTS) is 1. The number of carbonyl (C=O) groups is 1.